The molecule has 12 heteroatoms. The maximum Gasteiger partial charge on any atom is 0.302 e. The number of carboxylic acid groups (broad SMARTS) is 2. The minimum atomic E-state index is -2.61. The smallest absolute Gasteiger partial charge is 0.302 e. The predicted molar refractivity (Wildman–Crippen MR) is 84.3 cm³/mol. The Morgan fingerprint density at radius 1 is 1.26 bits per heavy atom. The first-order valence-electron chi connectivity index (χ1n) is 8.12. The van der Waals surface area contributed by atoms with Crippen molar-refractivity contribution in [2.24, 2.45) is 16.8 Å². The van der Waals surface area contributed by atoms with Crippen LogP contribution < -0.4 is 15.5 Å². The van der Waals surface area contributed by atoms with Gasteiger partial charge in [-0.2, -0.15) is 0 Å². The van der Waals surface area contributed by atoms with Gasteiger partial charge in [0.25, 0.3) is 6.43 Å². The number of nitrogens with zero attached hydrogens (tertiary/aromatic N) is 1. The minimum absolute atomic E-state index is 0.147. The molecule has 27 heavy (non-hydrogen) atoms. The second kappa shape index (κ2) is 9.31. The molecule has 1 fully saturated rings. The molecule has 0 aromatic rings. The molecular weight excluding hydrogens is 390 g/mol. The Hall–Kier alpha value is -1.95. The number of rotatable bonds is 8. The fourth-order valence-electron chi connectivity index (χ4n) is 3.17. The van der Waals surface area contributed by atoms with E-state index in [4.69, 9.17) is 9.47 Å². The van der Waals surface area contributed by atoms with Gasteiger partial charge in [0.05, 0.1) is 18.7 Å². The summed E-state index contributed by atoms with van der Waals surface area (Å²) in [5.41, 5.74) is -0.729. The third-order valence-electron chi connectivity index (χ3n) is 4.21. The van der Waals surface area contributed by atoms with Crippen LogP contribution in [0.3, 0.4) is 0 Å². The summed E-state index contributed by atoms with van der Waals surface area (Å²) >= 11 is 0.993. The molecule has 2 aliphatic rings. The van der Waals surface area contributed by atoms with Crippen LogP contribution in [0.1, 0.15) is 19.8 Å². The van der Waals surface area contributed by atoms with Gasteiger partial charge in [-0.3, -0.25) is 9.79 Å². The highest BCUT2D eigenvalue weighted by molar-refractivity contribution is 8.14. The molecule has 0 bridgehead atoms. The number of ether oxygens (including phenoxy) is 2. The summed E-state index contributed by atoms with van der Waals surface area (Å²) in [6, 6.07) is -0.772. The van der Waals surface area contributed by atoms with Crippen LogP contribution in [-0.4, -0.2) is 60.2 Å². The summed E-state index contributed by atoms with van der Waals surface area (Å²) in [4.78, 5) is 37.6. The number of amidine groups is 1. The van der Waals surface area contributed by atoms with Gasteiger partial charge < -0.3 is 34.6 Å². The highest BCUT2D eigenvalue weighted by Crippen LogP contribution is 2.44. The monoisotopic (exact) mass is 408 g/mol. The van der Waals surface area contributed by atoms with Crippen molar-refractivity contribution in [3.8, 4) is 0 Å². The molecule has 1 N–H and O–H groups in total. The second-order valence-corrected chi connectivity index (χ2v) is 7.23. The van der Waals surface area contributed by atoms with Crippen molar-refractivity contribution in [3.63, 3.8) is 0 Å². The van der Waals surface area contributed by atoms with Crippen molar-refractivity contribution in [1.82, 2.24) is 5.32 Å². The van der Waals surface area contributed by atoms with Crippen molar-refractivity contribution < 1.29 is 42.9 Å². The standard InChI is InChI=1S/C15H20F2N2O7S/c1-6(20)25-5-9-7(2-11(21)22)8(3-12(23)24)13-14(26-9)27-15(19-13)18-4-10(16)17/h7-10,13-14H,2-5H2,1H3,(H,18,19)(H,21,22)(H,23,24)/p-2/t7-,8+,9-,13+,14+/m0/s1. The van der Waals surface area contributed by atoms with Crippen molar-refractivity contribution >= 4 is 34.8 Å². The van der Waals surface area contributed by atoms with Gasteiger partial charge in [0, 0.05) is 18.9 Å². The van der Waals surface area contributed by atoms with E-state index < -0.39 is 73.1 Å². The van der Waals surface area contributed by atoms with Crippen molar-refractivity contribution in [2.75, 3.05) is 13.2 Å². The van der Waals surface area contributed by atoms with Crippen LogP contribution in [-0.2, 0) is 23.9 Å². The largest absolute Gasteiger partial charge is 0.550 e. The van der Waals surface area contributed by atoms with Crippen LogP contribution in [0.5, 0.6) is 0 Å². The lowest BCUT2D eigenvalue weighted by Gasteiger charge is -2.43. The van der Waals surface area contributed by atoms with Gasteiger partial charge in [0.2, 0.25) is 0 Å². The molecule has 0 radical (unpaired) electrons. The Kier molecular flexibility index (Phi) is 7.36. The minimum Gasteiger partial charge on any atom is -0.550 e. The number of aliphatic carboxylic acids is 2. The van der Waals surface area contributed by atoms with E-state index in [0.29, 0.717) is 0 Å². The number of aliphatic imine (C=N–C) groups is 1. The second-order valence-electron chi connectivity index (χ2n) is 6.14. The summed E-state index contributed by atoms with van der Waals surface area (Å²) in [6.45, 7) is 0.244. The van der Waals surface area contributed by atoms with E-state index in [1.54, 1.807) is 0 Å². The zero-order valence-corrected chi connectivity index (χ0v) is 15.1. The Balaban J connectivity index is 2.24. The fraction of sp³-hybridized carbons (Fsp3) is 0.733. The molecule has 152 valence electrons. The van der Waals surface area contributed by atoms with E-state index in [9.17, 15) is 33.4 Å². The normalized spacial score (nSPS) is 29.8. The molecular formula is C15H18F2N2O7S-2. The third kappa shape index (κ3) is 6.03. The highest BCUT2D eigenvalue weighted by Gasteiger charge is 2.49. The molecule has 0 aromatic carbocycles. The zero-order valence-electron chi connectivity index (χ0n) is 14.3. The molecule has 1 saturated heterocycles. The average molecular weight is 408 g/mol. The average Bonchev–Trinajstić information content (AvgIpc) is 2.95. The molecule has 5 atom stereocenters. The van der Waals surface area contributed by atoms with Crippen LogP contribution in [0.15, 0.2) is 4.99 Å². The molecule has 0 saturated carbocycles. The number of nitrogens with one attached hydrogen (secondary N) is 1. The van der Waals surface area contributed by atoms with E-state index >= 15 is 0 Å². The summed E-state index contributed by atoms with van der Waals surface area (Å²) in [7, 11) is 0. The molecule has 9 nitrogen and oxygen atoms in total. The lowest BCUT2D eigenvalue weighted by molar-refractivity contribution is -0.313. The van der Waals surface area contributed by atoms with Crippen molar-refractivity contribution in [1.29, 1.82) is 0 Å². The molecule has 0 aromatic heterocycles. The zero-order chi connectivity index (χ0) is 20.1. The first kappa shape index (κ1) is 21.4. The SMILES string of the molecule is CC(=O)OC[C@@H]1O[C@@H]2SC(NCC(F)F)=N[C@@H]2[C@H](CC(=O)[O-])[C@@H]1CC(=O)[O-]. The van der Waals surface area contributed by atoms with E-state index in [-0.39, 0.29) is 11.8 Å². The number of halogens is 2. The number of carboxylic acids is 2. The summed E-state index contributed by atoms with van der Waals surface area (Å²) < 4.78 is 35.4. The molecule has 2 heterocycles. The quantitative estimate of drug-likeness (QED) is 0.457. The molecule has 0 unspecified atom stereocenters. The first-order valence-corrected chi connectivity index (χ1v) is 9.00. The maximum absolute atomic E-state index is 12.4. The Morgan fingerprint density at radius 2 is 1.89 bits per heavy atom. The van der Waals surface area contributed by atoms with E-state index in [1.165, 1.54) is 0 Å². The lowest BCUT2D eigenvalue weighted by Crippen LogP contribution is -2.52. The molecule has 0 spiro atoms. The third-order valence-corrected chi connectivity index (χ3v) is 5.31. The number of alkyl halides is 2. The molecule has 2 aliphatic heterocycles. The number of fused-ring (bicyclic) bond motifs is 1. The van der Waals surface area contributed by atoms with Crippen molar-refractivity contribution in [3.05, 3.63) is 0 Å². The number of thioether (sulfide) groups is 1. The van der Waals surface area contributed by atoms with Crippen LogP contribution in [0.4, 0.5) is 8.78 Å². The summed E-state index contributed by atoms with van der Waals surface area (Å²) in [5.74, 6) is -5.13. The number of hydrogen-bond acceptors (Lipinski definition) is 10. The van der Waals surface area contributed by atoms with Gasteiger partial charge in [-0.1, -0.05) is 11.8 Å². The summed E-state index contributed by atoms with van der Waals surface area (Å²) in [5, 5.41) is 24.9. The number of carbonyl (C=O) groups is 3. The van der Waals surface area contributed by atoms with E-state index in [2.05, 4.69) is 10.3 Å². The first-order chi connectivity index (χ1) is 12.7. The molecule has 0 amide bonds. The van der Waals surface area contributed by atoms with E-state index in [0.717, 1.165) is 18.7 Å². The van der Waals surface area contributed by atoms with Gasteiger partial charge in [-0.05, 0) is 24.7 Å². The molecule has 0 aliphatic carbocycles. The Labute approximate surface area is 157 Å². The van der Waals surface area contributed by atoms with Crippen LogP contribution >= 0.6 is 11.8 Å². The predicted octanol–water partition coefficient (Wildman–Crippen LogP) is -1.89. The fourth-order valence-corrected chi connectivity index (χ4v) is 4.34. The van der Waals surface area contributed by atoms with Gasteiger partial charge in [0.15, 0.2) is 5.17 Å². The van der Waals surface area contributed by atoms with Crippen LogP contribution in [0.25, 0.3) is 0 Å². The van der Waals surface area contributed by atoms with Gasteiger partial charge in [-0.25, -0.2) is 8.78 Å². The van der Waals surface area contributed by atoms with Crippen molar-refractivity contribution in [2.45, 2.75) is 43.8 Å². The number of carbonyl (C=O) groups excluding carboxylic acids is 3. The molecule has 2 rings (SSSR count). The van der Waals surface area contributed by atoms with Gasteiger partial charge in [-0.15, -0.1) is 0 Å². The van der Waals surface area contributed by atoms with Crippen LogP contribution in [0.2, 0.25) is 0 Å². The van der Waals surface area contributed by atoms with Gasteiger partial charge in [0.1, 0.15) is 12.0 Å². The highest BCUT2D eigenvalue weighted by atomic mass is 32.2. The summed E-state index contributed by atoms with van der Waals surface area (Å²) in [6.07, 6.45) is -4.56. The van der Waals surface area contributed by atoms with Crippen LogP contribution in [0, 0.1) is 11.8 Å². The Morgan fingerprint density at radius 3 is 2.44 bits per heavy atom. The number of hydrogen-bond donors (Lipinski definition) is 1. The Bertz CT molecular complexity index is 619. The van der Waals surface area contributed by atoms with E-state index in [1.807, 2.05) is 0 Å². The topological polar surface area (TPSA) is 140 Å². The maximum atomic E-state index is 12.4. The number of esters is 1. The lowest BCUT2D eigenvalue weighted by atomic mass is 9.76. The van der Waals surface area contributed by atoms with Gasteiger partial charge >= 0.3 is 5.97 Å².